The molecular weight excluding hydrogens is 193 g/mol. The van der Waals surface area contributed by atoms with Gasteiger partial charge in [-0.3, -0.25) is 0 Å². The Morgan fingerprint density at radius 3 is 2.69 bits per heavy atom. The monoisotopic (exact) mass is 203 g/mol. The summed E-state index contributed by atoms with van der Waals surface area (Å²) < 4.78 is 13.1. The molecule has 4 heteroatoms. The van der Waals surface area contributed by atoms with Crippen molar-refractivity contribution in [1.29, 1.82) is 0 Å². The lowest BCUT2D eigenvalue weighted by molar-refractivity contribution is 0.162. The first-order valence-corrected chi connectivity index (χ1v) is 4.28. The minimum absolute atomic E-state index is 0.238. The molecule has 0 unspecified atom stereocenters. The lowest BCUT2D eigenvalue weighted by Gasteiger charge is -2.15. The Labute approximate surface area is 81.1 Å². The SMILES string of the molecule is C[C@@H](O)[C@H](N)c1cc(Cl)ccc1F. The summed E-state index contributed by atoms with van der Waals surface area (Å²) in [4.78, 5) is 0. The Morgan fingerprint density at radius 2 is 2.15 bits per heavy atom. The number of hydrogen-bond acceptors (Lipinski definition) is 2. The summed E-state index contributed by atoms with van der Waals surface area (Å²) in [6.07, 6.45) is -0.798. The van der Waals surface area contributed by atoms with Gasteiger partial charge in [0.05, 0.1) is 12.1 Å². The van der Waals surface area contributed by atoms with Crippen molar-refractivity contribution in [1.82, 2.24) is 0 Å². The van der Waals surface area contributed by atoms with E-state index in [2.05, 4.69) is 0 Å². The summed E-state index contributed by atoms with van der Waals surface area (Å²) in [6.45, 7) is 1.50. The largest absolute Gasteiger partial charge is 0.391 e. The smallest absolute Gasteiger partial charge is 0.128 e. The highest BCUT2D eigenvalue weighted by molar-refractivity contribution is 6.30. The molecule has 2 atom stereocenters. The number of benzene rings is 1. The van der Waals surface area contributed by atoms with Crippen LogP contribution in [0.1, 0.15) is 18.5 Å². The predicted molar refractivity (Wildman–Crippen MR) is 50.0 cm³/mol. The van der Waals surface area contributed by atoms with Gasteiger partial charge in [0.25, 0.3) is 0 Å². The molecule has 0 aliphatic heterocycles. The van der Waals surface area contributed by atoms with E-state index >= 15 is 0 Å². The highest BCUT2D eigenvalue weighted by atomic mass is 35.5. The molecule has 0 radical (unpaired) electrons. The summed E-state index contributed by atoms with van der Waals surface area (Å²) in [5.41, 5.74) is 5.80. The molecule has 0 aliphatic rings. The van der Waals surface area contributed by atoms with Gasteiger partial charge in [0.1, 0.15) is 5.82 Å². The fourth-order valence-electron chi connectivity index (χ4n) is 1.03. The van der Waals surface area contributed by atoms with Crippen LogP contribution in [0.5, 0.6) is 0 Å². The Hall–Kier alpha value is -0.640. The summed E-state index contributed by atoms with van der Waals surface area (Å²) in [5.74, 6) is -0.446. The fourth-order valence-corrected chi connectivity index (χ4v) is 1.21. The molecular formula is C9H11ClFNO. The summed E-state index contributed by atoms with van der Waals surface area (Å²) in [6, 6.07) is 3.36. The van der Waals surface area contributed by atoms with Crippen LogP contribution in [0.2, 0.25) is 5.02 Å². The number of nitrogens with two attached hydrogens (primary N) is 1. The van der Waals surface area contributed by atoms with Crippen molar-refractivity contribution in [3.8, 4) is 0 Å². The van der Waals surface area contributed by atoms with Gasteiger partial charge in [0, 0.05) is 10.6 Å². The van der Waals surface area contributed by atoms with Crippen molar-refractivity contribution in [2.24, 2.45) is 5.73 Å². The van der Waals surface area contributed by atoms with Crippen molar-refractivity contribution >= 4 is 11.6 Å². The van der Waals surface area contributed by atoms with Crippen molar-refractivity contribution in [3.63, 3.8) is 0 Å². The van der Waals surface area contributed by atoms with Crippen LogP contribution in [-0.2, 0) is 0 Å². The second-order valence-electron chi connectivity index (χ2n) is 2.93. The highest BCUT2D eigenvalue weighted by Crippen LogP contribution is 2.21. The van der Waals surface area contributed by atoms with Gasteiger partial charge in [-0.1, -0.05) is 11.6 Å². The Bertz CT molecular complexity index is 304. The molecule has 0 saturated heterocycles. The zero-order valence-electron chi connectivity index (χ0n) is 7.17. The van der Waals surface area contributed by atoms with Crippen molar-refractivity contribution < 1.29 is 9.50 Å². The van der Waals surface area contributed by atoms with Gasteiger partial charge in [-0.25, -0.2) is 4.39 Å². The van der Waals surface area contributed by atoms with E-state index in [0.29, 0.717) is 5.02 Å². The third-order valence-corrected chi connectivity index (χ3v) is 2.07. The molecule has 0 heterocycles. The van der Waals surface area contributed by atoms with E-state index in [1.54, 1.807) is 0 Å². The van der Waals surface area contributed by atoms with E-state index in [1.807, 2.05) is 0 Å². The molecule has 3 N–H and O–H groups in total. The van der Waals surface area contributed by atoms with Crippen LogP contribution in [-0.4, -0.2) is 11.2 Å². The van der Waals surface area contributed by atoms with Gasteiger partial charge >= 0.3 is 0 Å². The molecule has 0 aliphatic carbocycles. The van der Waals surface area contributed by atoms with Gasteiger partial charge in [0.2, 0.25) is 0 Å². The van der Waals surface area contributed by atoms with Gasteiger partial charge < -0.3 is 10.8 Å². The lowest BCUT2D eigenvalue weighted by atomic mass is 10.0. The van der Waals surface area contributed by atoms with Crippen molar-refractivity contribution in [3.05, 3.63) is 34.6 Å². The van der Waals surface area contributed by atoms with E-state index < -0.39 is 18.0 Å². The van der Waals surface area contributed by atoms with E-state index in [4.69, 9.17) is 22.4 Å². The minimum atomic E-state index is -0.798. The third-order valence-electron chi connectivity index (χ3n) is 1.84. The van der Waals surface area contributed by atoms with Gasteiger partial charge in [0.15, 0.2) is 0 Å². The molecule has 1 aromatic rings. The van der Waals surface area contributed by atoms with Gasteiger partial charge in [-0.05, 0) is 25.1 Å². The maximum Gasteiger partial charge on any atom is 0.128 e. The number of aliphatic hydroxyl groups excluding tert-OH is 1. The summed E-state index contributed by atoms with van der Waals surface area (Å²) in [5, 5.41) is 9.56. The molecule has 0 fully saturated rings. The molecule has 0 aromatic heterocycles. The molecule has 0 amide bonds. The number of aliphatic hydroxyl groups is 1. The number of rotatable bonds is 2. The van der Waals surface area contributed by atoms with Crippen LogP contribution >= 0.6 is 11.6 Å². The van der Waals surface area contributed by atoms with Crippen LogP contribution in [0.4, 0.5) is 4.39 Å². The van der Waals surface area contributed by atoms with E-state index in [0.717, 1.165) is 0 Å². The second-order valence-corrected chi connectivity index (χ2v) is 3.37. The molecule has 72 valence electrons. The Kier molecular flexibility index (Phi) is 3.25. The second kappa shape index (κ2) is 4.05. The van der Waals surface area contributed by atoms with Crippen LogP contribution in [0.25, 0.3) is 0 Å². The lowest BCUT2D eigenvalue weighted by Crippen LogP contribution is -2.24. The highest BCUT2D eigenvalue weighted by Gasteiger charge is 2.16. The summed E-state index contributed by atoms with van der Waals surface area (Å²) >= 11 is 5.66. The Balaban J connectivity index is 3.05. The zero-order chi connectivity index (χ0) is 10.0. The molecule has 0 saturated carbocycles. The van der Waals surface area contributed by atoms with E-state index in [-0.39, 0.29) is 5.56 Å². The number of hydrogen-bond donors (Lipinski definition) is 2. The zero-order valence-corrected chi connectivity index (χ0v) is 7.92. The third kappa shape index (κ3) is 2.40. The quantitative estimate of drug-likeness (QED) is 0.771. The molecule has 0 bridgehead atoms. The first-order valence-electron chi connectivity index (χ1n) is 3.91. The summed E-state index contributed by atoms with van der Waals surface area (Å²) in [7, 11) is 0. The minimum Gasteiger partial charge on any atom is -0.391 e. The van der Waals surface area contributed by atoms with Crippen molar-refractivity contribution in [2.75, 3.05) is 0 Å². The standard InChI is InChI=1S/C9H11ClFNO/c1-5(13)9(12)7-4-6(10)2-3-8(7)11/h2-5,9,13H,12H2,1H3/t5-,9+/m1/s1. The van der Waals surface area contributed by atoms with E-state index in [1.165, 1.54) is 25.1 Å². The van der Waals surface area contributed by atoms with Crippen LogP contribution in [0.15, 0.2) is 18.2 Å². The maximum atomic E-state index is 13.1. The van der Waals surface area contributed by atoms with E-state index in [9.17, 15) is 4.39 Å². The molecule has 1 rings (SSSR count). The molecule has 2 nitrogen and oxygen atoms in total. The predicted octanol–water partition coefficient (Wildman–Crippen LogP) is 1.86. The number of halogens is 2. The van der Waals surface area contributed by atoms with Crippen molar-refractivity contribution in [2.45, 2.75) is 19.1 Å². The average Bonchev–Trinajstić information content (AvgIpc) is 2.08. The van der Waals surface area contributed by atoms with Gasteiger partial charge in [-0.15, -0.1) is 0 Å². The molecule has 13 heavy (non-hydrogen) atoms. The normalized spacial score (nSPS) is 15.5. The van der Waals surface area contributed by atoms with Crippen LogP contribution in [0, 0.1) is 5.82 Å². The maximum absolute atomic E-state index is 13.1. The topological polar surface area (TPSA) is 46.2 Å². The van der Waals surface area contributed by atoms with Crippen LogP contribution < -0.4 is 5.73 Å². The fraction of sp³-hybridized carbons (Fsp3) is 0.333. The van der Waals surface area contributed by atoms with Gasteiger partial charge in [-0.2, -0.15) is 0 Å². The average molecular weight is 204 g/mol. The Morgan fingerprint density at radius 1 is 1.54 bits per heavy atom. The van der Waals surface area contributed by atoms with Crippen LogP contribution in [0.3, 0.4) is 0 Å². The first-order chi connectivity index (χ1) is 6.02. The first kappa shape index (κ1) is 10.4. The molecule has 0 spiro atoms. The molecule has 1 aromatic carbocycles.